The van der Waals surface area contributed by atoms with Crippen molar-refractivity contribution < 1.29 is 14.7 Å². The molecule has 5 nitrogen and oxygen atoms in total. The van der Waals surface area contributed by atoms with Crippen molar-refractivity contribution in [2.24, 2.45) is 11.7 Å². The minimum Gasteiger partial charge on any atom is -0.480 e. The third-order valence-electron chi connectivity index (χ3n) is 3.14. The predicted octanol–water partition coefficient (Wildman–Crippen LogP) is 1.51. The van der Waals surface area contributed by atoms with Crippen LogP contribution in [0.4, 0.5) is 0 Å². The van der Waals surface area contributed by atoms with Gasteiger partial charge >= 0.3 is 5.97 Å². The molecule has 0 spiro atoms. The molecule has 0 radical (unpaired) electrons. The molecule has 1 amide bonds. The van der Waals surface area contributed by atoms with Gasteiger partial charge in [-0.15, -0.1) is 0 Å². The van der Waals surface area contributed by atoms with E-state index in [0.717, 1.165) is 25.7 Å². The van der Waals surface area contributed by atoms with Gasteiger partial charge in [0.25, 0.3) is 0 Å². The molecular formula is C13H26N2O3. The Labute approximate surface area is 109 Å². The van der Waals surface area contributed by atoms with Gasteiger partial charge in [0.1, 0.15) is 6.04 Å². The van der Waals surface area contributed by atoms with Gasteiger partial charge in [-0.3, -0.25) is 4.79 Å². The monoisotopic (exact) mass is 258 g/mol. The summed E-state index contributed by atoms with van der Waals surface area (Å²) in [6.45, 7) is 4.61. The van der Waals surface area contributed by atoms with Crippen LogP contribution < -0.4 is 11.1 Å². The van der Waals surface area contributed by atoms with Crippen molar-refractivity contribution in [2.45, 2.75) is 58.4 Å². The van der Waals surface area contributed by atoms with Gasteiger partial charge in [-0.1, -0.05) is 26.7 Å². The number of aliphatic carboxylic acids is 1. The molecule has 0 aromatic heterocycles. The summed E-state index contributed by atoms with van der Waals surface area (Å²) in [6.07, 6.45) is 4.29. The van der Waals surface area contributed by atoms with Gasteiger partial charge in [0.2, 0.25) is 5.91 Å². The van der Waals surface area contributed by atoms with Crippen molar-refractivity contribution in [3.8, 4) is 0 Å². The third-order valence-corrected chi connectivity index (χ3v) is 3.14. The van der Waals surface area contributed by atoms with Gasteiger partial charge in [0.05, 0.1) is 0 Å². The van der Waals surface area contributed by atoms with Crippen LogP contribution in [-0.2, 0) is 9.59 Å². The highest BCUT2D eigenvalue weighted by atomic mass is 16.4. The summed E-state index contributed by atoms with van der Waals surface area (Å²) in [5.41, 5.74) is 5.49. The number of hydrogen-bond acceptors (Lipinski definition) is 3. The van der Waals surface area contributed by atoms with Crippen molar-refractivity contribution in [3.63, 3.8) is 0 Å². The molecule has 106 valence electrons. The van der Waals surface area contributed by atoms with Crippen LogP contribution in [0.3, 0.4) is 0 Å². The van der Waals surface area contributed by atoms with E-state index in [1.807, 2.05) is 6.92 Å². The highest BCUT2D eigenvalue weighted by Gasteiger charge is 2.19. The van der Waals surface area contributed by atoms with E-state index < -0.39 is 12.0 Å². The number of carbonyl (C=O) groups excluding carboxylic acids is 1. The van der Waals surface area contributed by atoms with Crippen LogP contribution in [0, 0.1) is 5.92 Å². The Balaban J connectivity index is 4.04. The van der Waals surface area contributed by atoms with E-state index in [1.165, 1.54) is 0 Å². The zero-order valence-electron chi connectivity index (χ0n) is 11.4. The van der Waals surface area contributed by atoms with Gasteiger partial charge in [-0.05, 0) is 31.7 Å². The fraction of sp³-hybridized carbons (Fsp3) is 0.846. The molecule has 2 unspecified atom stereocenters. The first-order valence-corrected chi connectivity index (χ1v) is 6.77. The lowest BCUT2D eigenvalue weighted by molar-refractivity contribution is -0.142. The summed E-state index contributed by atoms with van der Waals surface area (Å²) in [6, 6.07) is -0.753. The van der Waals surface area contributed by atoms with Crippen molar-refractivity contribution in [1.82, 2.24) is 5.32 Å². The quantitative estimate of drug-likeness (QED) is 0.554. The summed E-state index contributed by atoms with van der Waals surface area (Å²) in [5, 5.41) is 11.5. The van der Waals surface area contributed by atoms with Crippen LogP contribution in [0.5, 0.6) is 0 Å². The van der Waals surface area contributed by atoms with Crippen LogP contribution in [0.2, 0.25) is 0 Å². The number of amides is 1. The van der Waals surface area contributed by atoms with Crippen molar-refractivity contribution in [3.05, 3.63) is 0 Å². The van der Waals surface area contributed by atoms with Crippen LogP contribution >= 0.6 is 0 Å². The highest BCUT2D eigenvalue weighted by molar-refractivity contribution is 5.83. The molecule has 0 saturated heterocycles. The van der Waals surface area contributed by atoms with E-state index in [-0.39, 0.29) is 5.91 Å². The van der Waals surface area contributed by atoms with Crippen LogP contribution in [0.1, 0.15) is 52.4 Å². The second kappa shape index (κ2) is 9.88. The van der Waals surface area contributed by atoms with Crippen molar-refractivity contribution in [2.75, 3.05) is 6.54 Å². The van der Waals surface area contributed by atoms with E-state index in [1.54, 1.807) is 0 Å². The summed E-state index contributed by atoms with van der Waals surface area (Å²) in [5.74, 6) is -0.680. The van der Waals surface area contributed by atoms with Crippen molar-refractivity contribution in [1.29, 1.82) is 0 Å². The molecule has 0 aliphatic rings. The lowest BCUT2D eigenvalue weighted by atomic mass is 9.96. The molecule has 0 fully saturated rings. The minimum atomic E-state index is -0.959. The summed E-state index contributed by atoms with van der Waals surface area (Å²) in [4.78, 5) is 22.5. The molecule has 0 aromatic rings. The molecule has 0 aliphatic heterocycles. The van der Waals surface area contributed by atoms with E-state index in [4.69, 9.17) is 10.8 Å². The van der Waals surface area contributed by atoms with Gasteiger partial charge in [-0.2, -0.15) is 0 Å². The molecule has 5 heteroatoms. The molecule has 0 bridgehead atoms. The summed E-state index contributed by atoms with van der Waals surface area (Å²) >= 11 is 0. The second-order valence-electron chi connectivity index (χ2n) is 4.64. The molecular weight excluding hydrogens is 232 g/mol. The largest absolute Gasteiger partial charge is 0.480 e. The number of nitrogens with one attached hydrogen (secondary N) is 1. The van der Waals surface area contributed by atoms with E-state index in [9.17, 15) is 9.59 Å². The van der Waals surface area contributed by atoms with Crippen molar-refractivity contribution >= 4 is 11.9 Å². The molecule has 4 N–H and O–H groups in total. The molecule has 18 heavy (non-hydrogen) atoms. The first-order valence-electron chi connectivity index (χ1n) is 6.77. The lowest BCUT2D eigenvalue weighted by Gasteiger charge is -2.16. The Bertz CT molecular complexity index is 257. The van der Waals surface area contributed by atoms with E-state index in [0.29, 0.717) is 25.3 Å². The maximum atomic E-state index is 11.7. The zero-order valence-corrected chi connectivity index (χ0v) is 11.4. The Hall–Kier alpha value is -1.10. The normalized spacial score (nSPS) is 13.9. The summed E-state index contributed by atoms with van der Waals surface area (Å²) < 4.78 is 0. The standard InChI is InChI=1S/C13H26N2O3/c1-3-5-11(13(17)18)15-12(16)7-6-10(4-2)8-9-14/h10-11H,3-9,14H2,1-2H3,(H,15,16)(H,17,18). The van der Waals surface area contributed by atoms with Gasteiger partial charge in [0.15, 0.2) is 0 Å². The fourth-order valence-electron chi connectivity index (χ4n) is 1.94. The Morgan fingerprint density at radius 1 is 1.22 bits per heavy atom. The van der Waals surface area contributed by atoms with Gasteiger partial charge in [-0.25, -0.2) is 4.79 Å². The number of carboxylic acids is 1. The van der Waals surface area contributed by atoms with E-state index in [2.05, 4.69) is 12.2 Å². The SMILES string of the molecule is CCCC(NC(=O)CCC(CC)CCN)C(=O)O. The number of carbonyl (C=O) groups is 2. The molecule has 0 aromatic carbocycles. The summed E-state index contributed by atoms with van der Waals surface area (Å²) in [7, 11) is 0. The average Bonchev–Trinajstić information content (AvgIpc) is 2.33. The number of rotatable bonds is 10. The Kier molecular flexibility index (Phi) is 9.28. The van der Waals surface area contributed by atoms with Gasteiger partial charge in [0, 0.05) is 6.42 Å². The van der Waals surface area contributed by atoms with E-state index >= 15 is 0 Å². The topological polar surface area (TPSA) is 92.4 Å². The maximum Gasteiger partial charge on any atom is 0.326 e. The van der Waals surface area contributed by atoms with Gasteiger partial charge < -0.3 is 16.2 Å². The zero-order chi connectivity index (χ0) is 14.0. The Morgan fingerprint density at radius 2 is 1.89 bits per heavy atom. The maximum absolute atomic E-state index is 11.7. The highest BCUT2D eigenvalue weighted by Crippen LogP contribution is 2.14. The number of carboxylic acid groups (broad SMARTS) is 1. The number of hydrogen-bond donors (Lipinski definition) is 3. The third kappa shape index (κ3) is 7.27. The van der Waals surface area contributed by atoms with Crippen LogP contribution in [-0.4, -0.2) is 29.6 Å². The average molecular weight is 258 g/mol. The minimum absolute atomic E-state index is 0.175. The van der Waals surface area contributed by atoms with Crippen LogP contribution in [0.15, 0.2) is 0 Å². The molecule has 0 heterocycles. The number of nitrogens with two attached hydrogens (primary N) is 1. The predicted molar refractivity (Wildman–Crippen MR) is 71.2 cm³/mol. The smallest absolute Gasteiger partial charge is 0.326 e. The first-order chi connectivity index (χ1) is 8.54. The molecule has 2 atom stereocenters. The fourth-order valence-corrected chi connectivity index (χ4v) is 1.94. The first kappa shape index (κ1) is 16.9. The molecule has 0 saturated carbocycles. The van der Waals surface area contributed by atoms with Crippen LogP contribution in [0.25, 0.3) is 0 Å². The second-order valence-corrected chi connectivity index (χ2v) is 4.64. The molecule has 0 aliphatic carbocycles. The lowest BCUT2D eigenvalue weighted by Crippen LogP contribution is -2.40. The Morgan fingerprint density at radius 3 is 2.33 bits per heavy atom. The molecule has 0 rings (SSSR count).